The largest absolute Gasteiger partial charge is 0.382 e. The van der Waals surface area contributed by atoms with Gasteiger partial charge in [0.05, 0.1) is 23.6 Å². The summed E-state index contributed by atoms with van der Waals surface area (Å²) in [5.74, 6) is -4.10. The minimum Gasteiger partial charge on any atom is -0.382 e. The second-order valence-electron chi connectivity index (χ2n) is 7.63. The number of nitriles is 1. The highest BCUT2D eigenvalue weighted by Gasteiger charge is 2.49. The van der Waals surface area contributed by atoms with Crippen LogP contribution in [0.15, 0.2) is 43.0 Å². The molecule has 0 fully saturated rings. The average molecular weight is 429 g/mol. The molecule has 1 aliphatic carbocycles. The third-order valence-electron chi connectivity index (χ3n) is 5.73. The van der Waals surface area contributed by atoms with Crippen LogP contribution in [0.2, 0.25) is 0 Å². The van der Waals surface area contributed by atoms with E-state index in [4.69, 9.17) is 0 Å². The molecular formula is C23H19F4N3O. The monoisotopic (exact) mass is 429 g/mol. The molecule has 0 spiro atoms. The van der Waals surface area contributed by atoms with Crippen LogP contribution in [0.1, 0.15) is 59.0 Å². The van der Waals surface area contributed by atoms with E-state index in [0.29, 0.717) is 11.3 Å². The van der Waals surface area contributed by atoms with E-state index in [1.54, 1.807) is 25.3 Å². The van der Waals surface area contributed by atoms with Crippen molar-refractivity contribution in [1.82, 2.24) is 9.55 Å². The SMILES string of the molecule is CCC(F)c1cc(F)cc(C#N)c1Cc1ccc(-n2ccnc2)c2c1CC(F)(F)C2O. The second kappa shape index (κ2) is 7.82. The lowest BCUT2D eigenvalue weighted by atomic mass is 9.89. The number of benzene rings is 2. The molecule has 4 rings (SSSR count). The molecule has 0 saturated carbocycles. The van der Waals surface area contributed by atoms with Crippen LogP contribution in [0.25, 0.3) is 5.69 Å². The molecule has 1 aliphatic rings. The molecule has 2 unspecified atom stereocenters. The number of halogens is 4. The van der Waals surface area contributed by atoms with Crippen LogP contribution in [-0.4, -0.2) is 20.6 Å². The van der Waals surface area contributed by atoms with Crippen LogP contribution in [0.4, 0.5) is 17.6 Å². The smallest absolute Gasteiger partial charge is 0.281 e. The van der Waals surface area contributed by atoms with Gasteiger partial charge in [0.2, 0.25) is 0 Å². The molecule has 2 atom stereocenters. The third-order valence-corrected chi connectivity index (χ3v) is 5.73. The zero-order valence-electron chi connectivity index (χ0n) is 16.6. The summed E-state index contributed by atoms with van der Waals surface area (Å²) in [6.07, 6.45) is 0.376. The zero-order chi connectivity index (χ0) is 22.3. The fourth-order valence-electron chi connectivity index (χ4n) is 4.19. The van der Waals surface area contributed by atoms with Crippen LogP contribution < -0.4 is 0 Å². The van der Waals surface area contributed by atoms with E-state index in [1.807, 2.05) is 6.07 Å². The Balaban J connectivity index is 1.88. The molecule has 160 valence electrons. The number of aliphatic hydroxyl groups is 1. The van der Waals surface area contributed by atoms with E-state index in [0.717, 1.165) is 12.1 Å². The topological polar surface area (TPSA) is 61.8 Å². The number of hydrogen-bond donors (Lipinski definition) is 1. The van der Waals surface area contributed by atoms with E-state index in [9.17, 15) is 27.9 Å². The number of aliphatic hydroxyl groups excluding tert-OH is 1. The maximum Gasteiger partial charge on any atom is 0.281 e. The number of fused-ring (bicyclic) bond motifs is 1. The first-order valence-corrected chi connectivity index (χ1v) is 9.82. The summed E-state index contributed by atoms with van der Waals surface area (Å²) in [6.45, 7) is 1.60. The molecule has 4 nitrogen and oxygen atoms in total. The number of rotatable bonds is 5. The van der Waals surface area contributed by atoms with Gasteiger partial charge in [-0.05, 0) is 53.3 Å². The maximum atomic E-state index is 14.6. The molecule has 0 radical (unpaired) electrons. The minimum absolute atomic E-state index is 0.0335. The molecule has 0 saturated heterocycles. The standard InChI is InChI=1S/C23H19F4N3O/c1-2-19(25)17-9-15(24)7-14(11-28)16(17)8-13-3-4-20(30-6-5-29-12-30)21-18(13)10-23(26,27)22(21)31/h3-7,9,12,19,22,31H,2,8,10H2,1H3. The van der Waals surface area contributed by atoms with Crippen LogP contribution in [0.3, 0.4) is 0 Å². The number of hydrogen-bond acceptors (Lipinski definition) is 3. The number of aromatic nitrogens is 2. The summed E-state index contributed by atoms with van der Waals surface area (Å²) in [6, 6.07) is 7.16. The third kappa shape index (κ3) is 3.59. The summed E-state index contributed by atoms with van der Waals surface area (Å²) in [4.78, 5) is 3.93. The van der Waals surface area contributed by atoms with Gasteiger partial charge in [0, 0.05) is 24.4 Å². The van der Waals surface area contributed by atoms with Crippen molar-refractivity contribution < 1.29 is 22.7 Å². The number of imidazole rings is 1. The number of alkyl halides is 3. The van der Waals surface area contributed by atoms with Gasteiger partial charge in [-0.25, -0.2) is 22.5 Å². The van der Waals surface area contributed by atoms with Crippen molar-refractivity contribution in [2.45, 2.75) is 44.4 Å². The fourth-order valence-corrected chi connectivity index (χ4v) is 4.19. The van der Waals surface area contributed by atoms with Crippen LogP contribution >= 0.6 is 0 Å². The lowest BCUT2D eigenvalue weighted by Gasteiger charge is -2.18. The van der Waals surface area contributed by atoms with Crippen LogP contribution in [0, 0.1) is 17.1 Å². The highest BCUT2D eigenvalue weighted by Crippen LogP contribution is 2.47. The predicted octanol–water partition coefficient (Wildman–Crippen LogP) is 5.12. The Morgan fingerprint density at radius 2 is 2.13 bits per heavy atom. The van der Waals surface area contributed by atoms with E-state index in [1.165, 1.54) is 17.1 Å². The molecule has 3 aromatic rings. The van der Waals surface area contributed by atoms with Crippen molar-refractivity contribution in [2.24, 2.45) is 0 Å². The van der Waals surface area contributed by atoms with Gasteiger partial charge in [-0.1, -0.05) is 13.0 Å². The zero-order valence-corrected chi connectivity index (χ0v) is 16.6. The number of nitrogens with zero attached hydrogens (tertiary/aromatic N) is 3. The maximum absolute atomic E-state index is 14.6. The summed E-state index contributed by atoms with van der Waals surface area (Å²) >= 11 is 0. The summed E-state index contributed by atoms with van der Waals surface area (Å²) < 4.78 is 59.1. The summed E-state index contributed by atoms with van der Waals surface area (Å²) in [7, 11) is 0. The highest BCUT2D eigenvalue weighted by atomic mass is 19.3. The lowest BCUT2D eigenvalue weighted by molar-refractivity contribution is -0.0968. The first-order valence-electron chi connectivity index (χ1n) is 9.82. The normalized spacial score (nSPS) is 17.9. The minimum atomic E-state index is -3.37. The van der Waals surface area contributed by atoms with Crippen molar-refractivity contribution in [3.05, 3.63) is 82.2 Å². The Labute approximate surface area is 176 Å². The molecule has 0 aliphatic heterocycles. The molecule has 1 heterocycles. The van der Waals surface area contributed by atoms with Gasteiger partial charge in [-0.2, -0.15) is 5.26 Å². The van der Waals surface area contributed by atoms with E-state index >= 15 is 0 Å². The fraction of sp³-hybridized carbons (Fsp3) is 0.304. The van der Waals surface area contributed by atoms with Crippen molar-refractivity contribution in [3.63, 3.8) is 0 Å². The van der Waals surface area contributed by atoms with Gasteiger partial charge >= 0.3 is 0 Å². The molecule has 1 aromatic heterocycles. The summed E-state index contributed by atoms with van der Waals surface area (Å²) in [5.41, 5.74) is 1.39. The lowest BCUT2D eigenvalue weighted by Crippen LogP contribution is -2.22. The average Bonchev–Trinajstić information content (AvgIpc) is 3.36. The first kappa shape index (κ1) is 21.1. The van der Waals surface area contributed by atoms with E-state index < -0.39 is 30.4 Å². The van der Waals surface area contributed by atoms with Crippen LogP contribution in [0.5, 0.6) is 0 Å². The van der Waals surface area contributed by atoms with Gasteiger partial charge in [0.15, 0.2) is 0 Å². The Kier molecular flexibility index (Phi) is 5.31. The molecule has 31 heavy (non-hydrogen) atoms. The second-order valence-corrected chi connectivity index (χ2v) is 7.63. The first-order chi connectivity index (χ1) is 14.8. The van der Waals surface area contributed by atoms with Crippen molar-refractivity contribution in [1.29, 1.82) is 5.26 Å². The molecule has 0 bridgehead atoms. The highest BCUT2D eigenvalue weighted by molar-refractivity contribution is 5.57. The van der Waals surface area contributed by atoms with Gasteiger partial charge in [-0.15, -0.1) is 0 Å². The van der Waals surface area contributed by atoms with Gasteiger partial charge in [0.1, 0.15) is 18.1 Å². The Hall–Kier alpha value is -3.18. The molecule has 2 aromatic carbocycles. The molecule has 8 heteroatoms. The van der Waals surface area contributed by atoms with E-state index in [-0.39, 0.29) is 40.7 Å². The molecule has 0 amide bonds. The van der Waals surface area contributed by atoms with Crippen LogP contribution in [-0.2, 0) is 12.8 Å². The quantitative estimate of drug-likeness (QED) is 0.573. The Morgan fingerprint density at radius 3 is 2.77 bits per heavy atom. The van der Waals surface area contributed by atoms with Gasteiger partial charge in [0.25, 0.3) is 5.92 Å². The van der Waals surface area contributed by atoms with Crippen molar-refractivity contribution >= 4 is 0 Å². The van der Waals surface area contributed by atoms with Crippen molar-refractivity contribution in [2.75, 3.05) is 0 Å². The van der Waals surface area contributed by atoms with Crippen molar-refractivity contribution in [3.8, 4) is 11.8 Å². The Morgan fingerprint density at radius 1 is 1.35 bits per heavy atom. The van der Waals surface area contributed by atoms with Gasteiger partial charge < -0.3 is 9.67 Å². The van der Waals surface area contributed by atoms with Gasteiger partial charge in [-0.3, -0.25) is 0 Å². The molecular weight excluding hydrogens is 410 g/mol. The molecule has 1 N–H and O–H groups in total. The van der Waals surface area contributed by atoms with E-state index in [2.05, 4.69) is 4.98 Å². The predicted molar refractivity (Wildman–Crippen MR) is 105 cm³/mol. The summed E-state index contributed by atoms with van der Waals surface area (Å²) in [5, 5.41) is 19.8. The Bertz CT molecular complexity index is 1170.